The minimum atomic E-state index is -0.407. The Hall–Kier alpha value is -2.62. The lowest BCUT2D eigenvalue weighted by Gasteiger charge is -2.11. The van der Waals surface area contributed by atoms with Gasteiger partial charge in [-0.3, -0.25) is 0 Å². The molecular formula is C19H17FO3. The molecule has 3 nitrogen and oxygen atoms in total. The molecule has 0 aliphatic carbocycles. The van der Waals surface area contributed by atoms with Crippen LogP contribution in [0.2, 0.25) is 0 Å². The van der Waals surface area contributed by atoms with Gasteiger partial charge >= 0.3 is 5.63 Å². The Morgan fingerprint density at radius 3 is 2.52 bits per heavy atom. The highest BCUT2D eigenvalue weighted by Gasteiger charge is 2.15. The summed E-state index contributed by atoms with van der Waals surface area (Å²) in [6, 6.07) is 10.9. The van der Waals surface area contributed by atoms with Crippen molar-refractivity contribution in [3.8, 4) is 5.75 Å². The van der Waals surface area contributed by atoms with E-state index in [1.54, 1.807) is 24.3 Å². The first-order valence-electron chi connectivity index (χ1n) is 7.60. The second-order valence-electron chi connectivity index (χ2n) is 5.58. The Morgan fingerprint density at radius 2 is 1.83 bits per heavy atom. The Labute approximate surface area is 133 Å². The van der Waals surface area contributed by atoms with E-state index in [-0.39, 0.29) is 11.6 Å². The third-order valence-electron chi connectivity index (χ3n) is 3.90. The van der Waals surface area contributed by atoms with E-state index < -0.39 is 5.63 Å². The van der Waals surface area contributed by atoms with Gasteiger partial charge in [-0.15, -0.1) is 0 Å². The molecule has 118 valence electrons. The average molecular weight is 312 g/mol. The molecule has 3 aromatic rings. The predicted octanol–water partition coefficient (Wildman–Crippen LogP) is 4.18. The SMILES string of the molecule is CCCc1c(Cc2ccc(F)cc2)c(=O)oc2cc(O)ccc12. The Bertz CT molecular complexity index is 895. The number of rotatable bonds is 4. The van der Waals surface area contributed by atoms with Gasteiger partial charge in [-0.25, -0.2) is 9.18 Å². The fourth-order valence-electron chi connectivity index (χ4n) is 2.81. The zero-order valence-corrected chi connectivity index (χ0v) is 12.8. The minimum Gasteiger partial charge on any atom is -0.508 e. The van der Waals surface area contributed by atoms with Gasteiger partial charge in [0.25, 0.3) is 0 Å². The van der Waals surface area contributed by atoms with E-state index in [4.69, 9.17) is 4.42 Å². The van der Waals surface area contributed by atoms with Gasteiger partial charge < -0.3 is 9.52 Å². The Balaban J connectivity index is 2.16. The monoisotopic (exact) mass is 312 g/mol. The van der Waals surface area contributed by atoms with E-state index >= 15 is 0 Å². The lowest BCUT2D eigenvalue weighted by atomic mass is 9.95. The molecule has 0 saturated carbocycles. The summed E-state index contributed by atoms with van der Waals surface area (Å²) < 4.78 is 18.4. The van der Waals surface area contributed by atoms with Crippen LogP contribution in [0.1, 0.15) is 30.0 Å². The summed E-state index contributed by atoms with van der Waals surface area (Å²) >= 11 is 0. The molecule has 0 unspecified atom stereocenters. The smallest absolute Gasteiger partial charge is 0.340 e. The van der Waals surface area contributed by atoms with Gasteiger partial charge in [0.05, 0.1) is 0 Å². The number of fused-ring (bicyclic) bond motifs is 1. The minimum absolute atomic E-state index is 0.0642. The van der Waals surface area contributed by atoms with Crippen molar-refractivity contribution in [3.05, 3.63) is 75.4 Å². The lowest BCUT2D eigenvalue weighted by molar-refractivity contribution is 0.472. The van der Waals surface area contributed by atoms with Crippen LogP contribution in [-0.2, 0) is 12.8 Å². The predicted molar refractivity (Wildman–Crippen MR) is 87.3 cm³/mol. The first-order valence-corrected chi connectivity index (χ1v) is 7.60. The summed E-state index contributed by atoms with van der Waals surface area (Å²) in [5, 5.41) is 10.4. The van der Waals surface area contributed by atoms with Crippen molar-refractivity contribution in [1.82, 2.24) is 0 Å². The van der Waals surface area contributed by atoms with E-state index in [2.05, 4.69) is 0 Å². The molecule has 2 aromatic carbocycles. The summed E-state index contributed by atoms with van der Waals surface area (Å²) in [5.74, 6) is -0.238. The Morgan fingerprint density at radius 1 is 1.09 bits per heavy atom. The van der Waals surface area contributed by atoms with Crippen molar-refractivity contribution in [3.63, 3.8) is 0 Å². The normalized spacial score (nSPS) is 11.0. The molecule has 0 radical (unpaired) electrons. The molecule has 0 aliphatic heterocycles. The molecule has 0 bridgehead atoms. The van der Waals surface area contributed by atoms with Gasteiger partial charge in [0.15, 0.2) is 0 Å². The lowest BCUT2D eigenvalue weighted by Crippen LogP contribution is -2.12. The molecule has 1 N–H and O–H groups in total. The maximum absolute atomic E-state index is 13.0. The van der Waals surface area contributed by atoms with Gasteiger partial charge in [-0.2, -0.15) is 0 Å². The molecule has 0 saturated heterocycles. The number of benzene rings is 2. The summed E-state index contributed by atoms with van der Waals surface area (Å²) in [5.41, 5.74) is 2.37. The van der Waals surface area contributed by atoms with Crippen LogP contribution in [0, 0.1) is 5.82 Å². The molecule has 0 fully saturated rings. The van der Waals surface area contributed by atoms with Gasteiger partial charge in [-0.1, -0.05) is 25.5 Å². The topological polar surface area (TPSA) is 50.4 Å². The number of hydrogen-bond donors (Lipinski definition) is 1. The fraction of sp³-hybridized carbons (Fsp3) is 0.211. The zero-order chi connectivity index (χ0) is 16.4. The number of phenolic OH excluding ortho intramolecular Hbond substituents is 1. The van der Waals surface area contributed by atoms with Crippen molar-refractivity contribution in [1.29, 1.82) is 0 Å². The zero-order valence-electron chi connectivity index (χ0n) is 12.8. The molecule has 0 amide bonds. The van der Waals surface area contributed by atoms with E-state index in [0.717, 1.165) is 29.4 Å². The van der Waals surface area contributed by atoms with Gasteiger partial charge in [0.2, 0.25) is 0 Å². The number of halogens is 1. The average Bonchev–Trinajstić information content (AvgIpc) is 2.52. The molecular weight excluding hydrogens is 295 g/mol. The summed E-state index contributed by atoms with van der Waals surface area (Å²) in [6.45, 7) is 2.04. The third kappa shape index (κ3) is 3.11. The van der Waals surface area contributed by atoms with Crippen LogP contribution >= 0.6 is 0 Å². The van der Waals surface area contributed by atoms with Crippen LogP contribution in [0.3, 0.4) is 0 Å². The second-order valence-corrected chi connectivity index (χ2v) is 5.58. The molecule has 1 heterocycles. The summed E-state index contributed by atoms with van der Waals surface area (Å²) in [7, 11) is 0. The molecule has 3 rings (SSSR count). The van der Waals surface area contributed by atoms with Crippen molar-refractivity contribution < 1.29 is 13.9 Å². The van der Waals surface area contributed by atoms with Crippen LogP contribution < -0.4 is 5.63 Å². The third-order valence-corrected chi connectivity index (χ3v) is 3.90. The number of phenols is 1. The molecule has 0 spiro atoms. The van der Waals surface area contributed by atoms with Gasteiger partial charge in [0, 0.05) is 23.4 Å². The van der Waals surface area contributed by atoms with Crippen LogP contribution in [0.25, 0.3) is 11.0 Å². The maximum Gasteiger partial charge on any atom is 0.340 e. The van der Waals surface area contributed by atoms with Crippen molar-refractivity contribution in [2.24, 2.45) is 0 Å². The highest BCUT2D eigenvalue weighted by molar-refractivity contribution is 5.82. The summed E-state index contributed by atoms with van der Waals surface area (Å²) in [4.78, 5) is 12.4. The van der Waals surface area contributed by atoms with Crippen LogP contribution in [0.4, 0.5) is 4.39 Å². The Kier molecular flexibility index (Phi) is 4.15. The first-order chi connectivity index (χ1) is 11.1. The van der Waals surface area contributed by atoms with Crippen LogP contribution in [0.5, 0.6) is 5.75 Å². The largest absolute Gasteiger partial charge is 0.508 e. The standard InChI is InChI=1S/C19H17FO3/c1-2-3-15-16-9-8-14(21)11-18(16)23-19(22)17(15)10-12-4-6-13(20)7-5-12/h4-9,11,21H,2-3,10H2,1H3. The fourth-order valence-corrected chi connectivity index (χ4v) is 2.81. The van der Waals surface area contributed by atoms with Crippen molar-refractivity contribution >= 4 is 11.0 Å². The maximum atomic E-state index is 13.0. The second kappa shape index (κ2) is 6.24. The molecule has 1 aromatic heterocycles. The van der Waals surface area contributed by atoms with Gasteiger partial charge in [-0.05, 0) is 41.8 Å². The summed E-state index contributed by atoms with van der Waals surface area (Å²) in [6.07, 6.45) is 2.02. The quantitative estimate of drug-likeness (QED) is 0.735. The van der Waals surface area contributed by atoms with Crippen molar-refractivity contribution in [2.75, 3.05) is 0 Å². The van der Waals surface area contributed by atoms with E-state index in [1.807, 2.05) is 6.92 Å². The number of aromatic hydroxyl groups is 1. The van der Waals surface area contributed by atoms with Crippen molar-refractivity contribution in [2.45, 2.75) is 26.2 Å². The van der Waals surface area contributed by atoms with E-state index in [1.165, 1.54) is 18.2 Å². The number of aryl methyl sites for hydroxylation is 1. The molecule has 4 heteroatoms. The van der Waals surface area contributed by atoms with Crippen LogP contribution in [0.15, 0.2) is 51.7 Å². The number of hydrogen-bond acceptors (Lipinski definition) is 3. The molecule has 23 heavy (non-hydrogen) atoms. The van der Waals surface area contributed by atoms with E-state index in [0.29, 0.717) is 17.6 Å². The first kappa shape index (κ1) is 15.3. The highest BCUT2D eigenvalue weighted by Crippen LogP contribution is 2.26. The molecule has 0 atom stereocenters. The van der Waals surface area contributed by atoms with Crippen LogP contribution in [-0.4, -0.2) is 5.11 Å². The molecule has 0 aliphatic rings. The highest BCUT2D eigenvalue weighted by atomic mass is 19.1. The van der Waals surface area contributed by atoms with E-state index in [9.17, 15) is 14.3 Å². The van der Waals surface area contributed by atoms with Gasteiger partial charge in [0.1, 0.15) is 17.1 Å².